The third-order valence-electron chi connectivity index (χ3n) is 4.55. The number of rotatable bonds is 4. The predicted molar refractivity (Wildman–Crippen MR) is 98.4 cm³/mol. The summed E-state index contributed by atoms with van der Waals surface area (Å²) in [5.41, 5.74) is 1.66. The molecule has 25 heavy (non-hydrogen) atoms. The highest BCUT2D eigenvalue weighted by atomic mass is 35.5. The first-order valence-electron chi connectivity index (χ1n) is 8.57. The molecule has 4 rings (SSSR count). The molecule has 1 amide bonds. The maximum atomic E-state index is 12.0. The van der Waals surface area contributed by atoms with Gasteiger partial charge < -0.3 is 15.1 Å². The van der Waals surface area contributed by atoms with Gasteiger partial charge in [-0.1, -0.05) is 17.7 Å². The number of anilines is 2. The van der Waals surface area contributed by atoms with Crippen LogP contribution in [0.5, 0.6) is 0 Å². The minimum Gasteiger partial charge on any atom is -0.368 e. The van der Waals surface area contributed by atoms with Gasteiger partial charge in [0.1, 0.15) is 0 Å². The molecule has 0 atom stereocenters. The van der Waals surface area contributed by atoms with Crippen LogP contribution in [0.25, 0.3) is 0 Å². The number of piperazine rings is 1. The minimum absolute atomic E-state index is 0.0835. The Labute approximate surface area is 151 Å². The summed E-state index contributed by atoms with van der Waals surface area (Å²) in [7, 11) is 0. The number of hydrogen-bond acceptors (Lipinski definition) is 5. The zero-order valence-corrected chi connectivity index (χ0v) is 14.6. The third kappa shape index (κ3) is 3.85. The van der Waals surface area contributed by atoms with Crippen molar-refractivity contribution in [2.24, 2.45) is 0 Å². The Hall–Kier alpha value is -2.34. The Balaban J connectivity index is 1.36. The highest BCUT2D eigenvalue weighted by molar-refractivity contribution is 6.30. The number of carbonyl (C=O) groups is 1. The lowest BCUT2D eigenvalue weighted by atomic mass is 10.2. The highest BCUT2D eigenvalue weighted by Crippen LogP contribution is 2.22. The van der Waals surface area contributed by atoms with Gasteiger partial charge in [0.15, 0.2) is 0 Å². The van der Waals surface area contributed by atoms with E-state index in [1.165, 1.54) is 0 Å². The van der Waals surface area contributed by atoms with E-state index in [0.29, 0.717) is 17.6 Å². The van der Waals surface area contributed by atoms with E-state index < -0.39 is 0 Å². The van der Waals surface area contributed by atoms with Gasteiger partial charge >= 0.3 is 0 Å². The first-order chi connectivity index (χ1) is 12.2. The van der Waals surface area contributed by atoms with Crippen molar-refractivity contribution in [1.82, 2.24) is 15.3 Å². The van der Waals surface area contributed by atoms with Crippen molar-refractivity contribution in [3.63, 3.8) is 0 Å². The van der Waals surface area contributed by atoms with Crippen LogP contribution >= 0.6 is 11.6 Å². The average molecular weight is 358 g/mol. The maximum absolute atomic E-state index is 12.0. The van der Waals surface area contributed by atoms with Crippen LogP contribution in [0.15, 0.2) is 36.7 Å². The third-order valence-corrected chi connectivity index (χ3v) is 4.78. The van der Waals surface area contributed by atoms with Crippen molar-refractivity contribution in [3.8, 4) is 0 Å². The summed E-state index contributed by atoms with van der Waals surface area (Å²) in [6.45, 7) is 3.43. The van der Waals surface area contributed by atoms with Crippen LogP contribution in [0, 0.1) is 0 Å². The Morgan fingerprint density at radius 1 is 1.08 bits per heavy atom. The molecule has 1 N–H and O–H groups in total. The molecule has 1 aliphatic carbocycles. The van der Waals surface area contributed by atoms with Crippen LogP contribution in [-0.2, 0) is 0 Å². The molecule has 2 fully saturated rings. The molecule has 0 spiro atoms. The molecule has 6 nitrogen and oxygen atoms in total. The number of hydrogen-bond donors (Lipinski definition) is 1. The number of halogens is 1. The molecule has 0 unspecified atom stereocenters. The van der Waals surface area contributed by atoms with E-state index in [9.17, 15) is 4.79 Å². The number of nitrogens with one attached hydrogen (secondary N) is 1. The first kappa shape index (κ1) is 16.1. The highest BCUT2D eigenvalue weighted by Gasteiger charge is 2.24. The summed E-state index contributed by atoms with van der Waals surface area (Å²) in [5, 5.41) is 3.70. The second-order valence-corrected chi connectivity index (χ2v) is 6.91. The van der Waals surface area contributed by atoms with Gasteiger partial charge in [0.2, 0.25) is 5.95 Å². The molecule has 1 aromatic heterocycles. The zero-order valence-electron chi connectivity index (χ0n) is 13.9. The molecular formula is C18H20ClN5O. The van der Waals surface area contributed by atoms with Crippen LogP contribution in [0.2, 0.25) is 5.02 Å². The number of benzene rings is 1. The second kappa shape index (κ2) is 6.88. The standard InChI is InChI=1S/C18H20ClN5O/c19-14-2-1-3-16(10-14)23-6-8-24(9-7-23)18-20-11-13(12-21-18)17(25)22-15-4-5-15/h1-3,10-12,15H,4-9H2,(H,22,25). The van der Waals surface area contributed by atoms with Crippen molar-refractivity contribution in [2.45, 2.75) is 18.9 Å². The van der Waals surface area contributed by atoms with E-state index in [0.717, 1.165) is 49.7 Å². The number of nitrogens with zero attached hydrogens (tertiary/aromatic N) is 4. The second-order valence-electron chi connectivity index (χ2n) is 6.47. The Morgan fingerprint density at radius 2 is 1.76 bits per heavy atom. The van der Waals surface area contributed by atoms with Crippen molar-refractivity contribution in [1.29, 1.82) is 0 Å². The molecule has 0 bridgehead atoms. The van der Waals surface area contributed by atoms with E-state index in [4.69, 9.17) is 11.6 Å². The number of carbonyl (C=O) groups excluding carboxylic acids is 1. The molecule has 130 valence electrons. The summed E-state index contributed by atoms with van der Waals surface area (Å²) < 4.78 is 0. The van der Waals surface area contributed by atoms with Crippen molar-refractivity contribution in [3.05, 3.63) is 47.2 Å². The van der Waals surface area contributed by atoms with Gasteiger partial charge in [-0.05, 0) is 31.0 Å². The van der Waals surface area contributed by atoms with Gasteiger partial charge in [-0.2, -0.15) is 0 Å². The minimum atomic E-state index is -0.0835. The van der Waals surface area contributed by atoms with Crippen molar-refractivity contribution >= 4 is 29.1 Å². The Kier molecular flexibility index (Phi) is 4.44. The van der Waals surface area contributed by atoms with Crippen LogP contribution < -0.4 is 15.1 Å². The molecule has 2 aliphatic rings. The lowest BCUT2D eigenvalue weighted by Crippen LogP contribution is -2.47. The quantitative estimate of drug-likeness (QED) is 0.910. The molecule has 1 aromatic carbocycles. The molecule has 1 saturated carbocycles. The molecule has 2 aromatic rings. The van der Waals surface area contributed by atoms with Gasteiger partial charge in [0, 0.05) is 55.3 Å². The van der Waals surface area contributed by atoms with Crippen LogP contribution in [-0.4, -0.2) is 48.1 Å². The van der Waals surface area contributed by atoms with E-state index >= 15 is 0 Å². The molecule has 1 saturated heterocycles. The SMILES string of the molecule is O=C(NC1CC1)c1cnc(N2CCN(c3cccc(Cl)c3)CC2)nc1. The average Bonchev–Trinajstić information content (AvgIpc) is 3.46. The molecule has 7 heteroatoms. The van der Waals surface area contributed by atoms with Gasteiger partial charge in [0.05, 0.1) is 5.56 Å². The van der Waals surface area contributed by atoms with E-state index in [-0.39, 0.29) is 5.91 Å². The number of aromatic nitrogens is 2. The summed E-state index contributed by atoms with van der Waals surface area (Å²) in [4.78, 5) is 25.2. The fraction of sp³-hybridized carbons (Fsp3) is 0.389. The lowest BCUT2D eigenvalue weighted by Gasteiger charge is -2.36. The topological polar surface area (TPSA) is 61.4 Å². The predicted octanol–water partition coefficient (Wildman–Crippen LogP) is 2.35. The fourth-order valence-corrected chi connectivity index (χ4v) is 3.12. The summed E-state index contributed by atoms with van der Waals surface area (Å²) in [6, 6.07) is 8.26. The van der Waals surface area contributed by atoms with Gasteiger partial charge in [0.25, 0.3) is 5.91 Å². The Bertz CT molecular complexity index is 754. The monoisotopic (exact) mass is 357 g/mol. The van der Waals surface area contributed by atoms with Gasteiger partial charge in [-0.3, -0.25) is 4.79 Å². The van der Waals surface area contributed by atoms with E-state index in [1.54, 1.807) is 12.4 Å². The molecule has 2 heterocycles. The fourth-order valence-electron chi connectivity index (χ4n) is 2.94. The first-order valence-corrected chi connectivity index (χ1v) is 8.95. The van der Waals surface area contributed by atoms with Crippen LogP contribution in [0.4, 0.5) is 11.6 Å². The van der Waals surface area contributed by atoms with Crippen molar-refractivity contribution in [2.75, 3.05) is 36.0 Å². The van der Waals surface area contributed by atoms with Crippen LogP contribution in [0.1, 0.15) is 23.2 Å². The number of amides is 1. The van der Waals surface area contributed by atoms with E-state index in [2.05, 4.69) is 31.2 Å². The Morgan fingerprint density at radius 3 is 2.40 bits per heavy atom. The van der Waals surface area contributed by atoms with E-state index in [1.807, 2.05) is 18.2 Å². The maximum Gasteiger partial charge on any atom is 0.254 e. The normalized spacial score (nSPS) is 17.5. The van der Waals surface area contributed by atoms with Crippen molar-refractivity contribution < 1.29 is 4.79 Å². The van der Waals surface area contributed by atoms with Gasteiger partial charge in [-0.15, -0.1) is 0 Å². The lowest BCUT2D eigenvalue weighted by molar-refractivity contribution is 0.0950. The molecule has 1 aliphatic heterocycles. The zero-order chi connectivity index (χ0) is 17.2. The van der Waals surface area contributed by atoms with Crippen LogP contribution in [0.3, 0.4) is 0 Å². The summed E-state index contributed by atoms with van der Waals surface area (Å²) in [6.07, 6.45) is 5.37. The molecular weight excluding hydrogens is 338 g/mol. The summed E-state index contributed by atoms with van der Waals surface area (Å²) >= 11 is 6.07. The smallest absolute Gasteiger partial charge is 0.254 e. The van der Waals surface area contributed by atoms with Gasteiger partial charge in [-0.25, -0.2) is 9.97 Å². The largest absolute Gasteiger partial charge is 0.368 e. The molecule has 0 radical (unpaired) electrons. The summed E-state index contributed by atoms with van der Waals surface area (Å²) in [5.74, 6) is 0.591.